The summed E-state index contributed by atoms with van der Waals surface area (Å²) in [4.78, 5) is 22.8. The van der Waals surface area contributed by atoms with Gasteiger partial charge in [0.1, 0.15) is 11.3 Å². The van der Waals surface area contributed by atoms with E-state index in [0.29, 0.717) is 17.6 Å². The monoisotopic (exact) mass is 791 g/mol. The molecule has 5 aliphatic heterocycles. The van der Waals surface area contributed by atoms with E-state index in [0.717, 1.165) is 24.9 Å². The van der Waals surface area contributed by atoms with Gasteiger partial charge in [-0.3, -0.25) is 9.80 Å². The molecule has 10 nitrogen and oxygen atoms in total. The van der Waals surface area contributed by atoms with Crippen LogP contribution >= 0.6 is 0 Å². The van der Waals surface area contributed by atoms with Crippen molar-refractivity contribution in [1.29, 1.82) is 0 Å². The number of nitrogens with zero attached hydrogens (tertiary/aromatic N) is 8. The molecular weight excluding hydrogens is 726 g/mol. The zero-order valence-corrected chi connectivity index (χ0v) is 37.2. The molecule has 10 rings (SSSR count). The van der Waals surface area contributed by atoms with Crippen LogP contribution in [0.5, 0.6) is 5.75 Å². The molecule has 11 heteroatoms. The molecular formula is C48H65LiN9O+. The van der Waals surface area contributed by atoms with Crippen LogP contribution in [0.3, 0.4) is 0 Å². The number of allylic oxidation sites excluding steroid dienone is 4. The number of rotatable bonds is 2. The van der Waals surface area contributed by atoms with Gasteiger partial charge in [0.15, 0.2) is 6.20 Å². The smallest absolute Gasteiger partial charge is 0.868 e. The van der Waals surface area contributed by atoms with Crippen molar-refractivity contribution in [1.82, 2.24) is 29.4 Å². The normalized spacial score (nSPS) is 25.4. The number of aromatic nitrogens is 1. The summed E-state index contributed by atoms with van der Waals surface area (Å²) in [5, 5.41) is 12.1. The summed E-state index contributed by atoms with van der Waals surface area (Å²) >= 11 is 0. The predicted molar refractivity (Wildman–Crippen MR) is 236 cm³/mol. The fraction of sp³-hybridized carbons (Fsp3) is 0.479. The van der Waals surface area contributed by atoms with Crippen LogP contribution in [0.15, 0.2) is 120 Å². The Labute approximate surface area is 365 Å². The molecule has 0 radical (unpaired) electrons. The molecule has 7 aliphatic rings. The molecule has 2 aromatic carbocycles. The van der Waals surface area contributed by atoms with E-state index >= 15 is 0 Å². The van der Waals surface area contributed by atoms with E-state index in [9.17, 15) is 5.11 Å². The van der Waals surface area contributed by atoms with E-state index in [4.69, 9.17) is 0 Å². The van der Waals surface area contributed by atoms with Gasteiger partial charge in [-0.2, -0.15) is 0 Å². The van der Waals surface area contributed by atoms with E-state index in [1.54, 1.807) is 18.3 Å². The van der Waals surface area contributed by atoms with Crippen LogP contribution in [0.25, 0.3) is 10.9 Å². The molecule has 59 heavy (non-hydrogen) atoms. The topological polar surface area (TPSA) is 63.1 Å². The molecule has 2 aliphatic carbocycles. The molecule has 2 unspecified atom stereocenters. The SMILES string of the molecule is CN(C)C1=CC2=C3C=C(N(C)C)C=CN3CCCN2C=C1.CN1c2ccccc2N(C)C12CCCCC21N(C)C2CCCCC2N1C.[Li+].[O-]c1cccc2ccc[nH+]c12. The summed E-state index contributed by atoms with van der Waals surface area (Å²) in [7, 11) is 17.9. The third kappa shape index (κ3) is 7.24. The molecule has 1 aromatic heterocycles. The maximum Gasteiger partial charge on any atom is 1.00 e. The summed E-state index contributed by atoms with van der Waals surface area (Å²) in [6, 6.07) is 19.5. The van der Waals surface area contributed by atoms with E-state index in [2.05, 4.69) is 162 Å². The molecule has 0 bridgehead atoms. The summed E-state index contributed by atoms with van der Waals surface area (Å²) < 4.78 is 0. The van der Waals surface area contributed by atoms with Crippen LogP contribution in [0.2, 0.25) is 0 Å². The Balaban J connectivity index is 0.000000143. The van der Waals surface area contributed by atoms with Crippen molar-refractivity contribution in [2.75, 3.05) is 79.3 Å². The van der Waals surface area contributed by atoms with Gasteiger partial charge in [0.25, 0.3) is 0 Å². The number of aromatic amines is 1. The number of likely N-dealkylation sites (N-methyl/N-ethyl adjacent to an activating group) is 6. The van der Waals surface area contributed by atoms with Gasteiger partial charge in [-0.1, -0.05) is 37.1 Å². The third-order valence-corrected chi connectivity index (χ3v) is 14.3. The number of H-pyrrole nitrogens is 1. The van der Waals surface area contributed by atoms with Crippen LogP contribution in [-0.4, -0.2) is 122 Å². The third-order valence-electron chi connectivity index (χ3n) is 14.3. The fourth-order valence-electron chi connectivity index (χ4n) is 11.3. The van der Waals surface area contributed by atoms with Gasteiger partial charge < -0.3 is 34.5 Å². The minimum atomic E-state index is 0. The van der Waals surface area contributed by atoms with Crippen LogP contribution in [0, 0.1) is 0 Å². The fourth-order valence-corrected chi connectivity index (χ4v) is 11.3. The Bertz CT molecular complexity index is 2040. The van der Waals surface area contributed by atoms with Gasteiger partial charge in [0, 0.05) is 103 Å². The quantitative estimate of drug-likeness (QED) is 0.363. The van der Waals surface area contributed by atoms with Crippen LogP contribution in [0.4, 0.5) is 11.4 Å². The predicted octanol–water partition coefficient (Wildman–Crippen LogP) is 3.61. The number of fused-ring (bicyclic) bond motifs is 6. The summed E-state index contributed by atoms with van der Waals surface area (Å²) in [5.41, 5.74) is 8.65. The zero-order chi connectivity index (χ0) is 40.8. The van der Waals surface area contributed by atoms with Gasteiger partial charge in [0.05, 0.1) is 22.8 Å². The largest absolute Gasteiger partial charge is 1.00 e. The van der Waals surface area contributed by atoms with Gasteiger partial charge >= 0.3 is 18.9 Å². The molecule has 2 spiro atoms. The van der Waals surface area contributed by atoms with Crippen LogP contribution in [0.1, 0.15) is 57.8 Å². The van der Waals surface area contributed by atoms with Crippen LogP contribution in [-0.2, 0) is 0 Å². The molecule has 3 fully saturated rings. The molecule has 308 valence electrons. The summed E-state index contributed by atoms with van der Waals surface area (Å²) in [6.45, 7) is 2.14. The minimum Gasteiger partial charge on any atom is -0.868 e. The maximum atomic E-state index is 11.1. The number of pyridine rings is 1. The van der Waals surface area contributed by atoms with Crippen molar-refractivity contribution in [3.8, 4) is 5.75 Å². The van der Waals surface area contributed by atoms with Gasteiger partial charge in [-0.25, -0.2) is 4.98 Å². The van der Waals surface area contributed by atoms with Gasteiger partial charge in [0.2, 0.25) is 5.52 Å². The summed E-state index contributed by atoms with van der Waals surface area (Å²) in [6.07, 6.45) is 27.0. The Morgan fingerprint density at radius 2 is 1.14 bits per heavy atom. The maximum absolute atomic E-state index is 11.1. The minimum absolute atomic E-state index is 0. The summed E-state index contributed by atoms with van der Waals surface area (Å²) in [5.74, 6) is 0.0445. The number of para-hydroxylation sites is 3. The Kier molecular flexibility index (Phi) is 12.6. The number of nitrogens with one attached hydrogen (secondary N) is 1. The molecule has 1 N–H and O–H groups in total. The molecule has 1 saturated heterocycles. The van der Waals surface area contributed by atoms with Crippen molar-refractivity contribution in [2.45, 2.75) is 81.2 Å². The molecule has 2 saturated carbocycles. The zero-order valence-electron chi connectivity index (χ0n) is 37.2. The average Bonchev–Trinajstić information content (AvgIpc) is 3.47. The Hall–Kier alpha value is -4.33. The van der Waals surface area contributed by atoms with Gasteiger partial charge in [-0.15, -0.1) is 0 Å². The molecule has 6 heterocycles. The molecule has 0 amide bonds. The number of hydrogen-bond donors (Lipinski definition) is 0. The van der Waals surface area contributed by atoms with Crippen molar-refractivity contribution < 1.29 is 29.0 Å². The van der Waals surface area contributed by atoms with E-state index in [1.165, 1.54) is 85.5 Å². The van der Waals surface area contributed by atoms with E-state index in [1.807, 2.05) is 18.2 Å². The average molecular weight is 791 g/mol. The van der Waals surface area contributed by atoms with Crippen molar-refractivity contribution in [3.63, 3.8) is 0 Å². The number of benzene rings is 2. The first kappa shape index (κ1) is 42.8. The van der Waals surface area contributed by atoms with Crippen LogP contribution < -0.4 is 38.8 Å². The van der Waals surface area contributed by atoms with Crippen molar-refractivity contribution in [2.24, 2.45) is 0 Å². The standard InChI is InChI=1S/C22H34N4.C17H24N4.C9H7NO.Li/c1-23-17-11-5-6-12-18(17)24(2)21(23)15-9-10-16-22(21)25(3)19-13-7-8-14-20(19)26(22)4;1-18(2)14-6-10-20-8-5-9-21-11-7-15(19(3)4)13-17(21)16(20)12-14;11-8-5-1-3-7-4-2-6-10-9(7)8;/h5-6,11-12,19-20H,7-10,13-16H2,1-4H3;6-7,10-13H,5,8-9H2,1-4H3;1-6,11H;/q;;;+1. The van der Waals surface area contributed by atoms with E-state index < -0.39 is 0 Å². The molecule has 3 aromatic rings. The molecule has 2 atom stereocenters. The first-order chi connectivity index (χ1) is 28.0. The Morgan fingerprint density at radius 3 is 1.64 bits per heavy atom. The number of anilines is 2. The van der Waals surface area contributed by atoms with Crippen molar-refractivity contribution >= 4 is 22.3 Å². The first-order valence-corrected chi connectivity index (χ1v) is 21.5. The number of hydrogen-bond acceptors (Lipinski definition) is 9. The first-order valence-electron chi connectivity index (χ1n) is 21.5. The van der Waals surface area contributed by atoms with E-state index in [-0.39, 0.29) is 35.9 Å². The second kappa shape index (κ2) is 17.3. The van der Waals surface area contributed by atoms with Gasteiger partial charge in [-0.05, 0) is 113 Å². The second-order valence-electron chi connectivity index (χ2n) is 17.5. The Morgan fingerprint density at radius 1 is 0.627 bits per heavy atom. The van der Waals surface area contributed by atoms with Crippen molar-refractivity contribution in [3.05, 3.63) is 120 Å². The second-order valence-corrected chi connectivity index (χ2v) is 17.5.